The Balaban J connectivity index is 4.33. The summed E-state index contributed by atoms with van der Waals surface area (Å²) in [6.07, 6.45) is -0.295. The van der Waals surface area contributed by atoms with E-state index in [1.807, 2.05) is 0 Å². The van der Waals surface area contributed by atoms with Crippen LogP contribution < -0.4 is 11.5 Å². The Morgan fingerprint density at radius 1 is 1.12 bits per heavy atom. The molecule has 0 fully saturated rings. The molecule has 0 aliphatic rings. The van der Waals surface area contributed by atoms with Gasteiger partial charge >= 0.3 is 11.9 Å². The van der Waals surface area contributed by atoms with Crippen LogP contribution >= 0.6 is 0 Å². The number of hydrogen-bond donors (Lipinski definition) is 4. The number of nitrogens with two attached hydrogens (primary N) is 2. The Hall–Kier alpha value is -1.47. The summed E-state index contributed by atoms with van der Waals surface area (Å²) >= 11 is 0. The third-order valence-electron chi connectivity index (χ3n) is 2.16. The summed E-state index contributed by atoms with van der Waals surface area (Å²) in [5, 5.41) is 17.2. The molecule has 0 saturated carbocycles. The molecule has 0 aromatic heterocycles. The van der Waals surface area contributed by atoms with Gasteiger partial charge in [-0.1, -0.05) is 0 Å². The number of rotatable bonds is 7. The van der Waals surface area contributed by atoms with Gasteiger partial charge < -0.3 is 21.7 Å². The van der Waals surface area contributed by atoms with Crippen molar-refractivity contribution in [3.05, 3.63) is 0 Å². The molecule has 0 aromatic rings. The fourth-order valence-corrected chi connectivity index (χ4v) is 1.23. The van der Waals surface area contributed by atoms with Crippen LogP contribution in [-0.2, 0) is 14.4 Å². The summed E-state index contributed by atoms with van der Waals surface area (Å²) in [5.41, 5.74) is 10.5. The monoisotopic (exact) mass is 232 g/mol. The molecular weight excluding hydrogens is 216 g/mol. The van der Waals surface area contributed by atoms with Gasteiger partial charge in [0.15, 0.2) is 0 Å². The summed E-state index contributed by atoms with van der Waals surface area (Å²) in [4.78, 5) is 32.5. The molecule has 3 atom stereocenters. The van der Waals surface area contributed by atoms with Crippen molar-refractivity contribution in [2.24, 2.45) is 17.4 Å². The molecule has 0 aliphatic carbocycles. The van der Waals surface area contributed by atoms with Gasteiger partial charge in [0.2, 0.25) is 0 Å². The number of carboxylic acids is 2. The Kier molecular flexibility index (Phi) is 5.62. The minimum Gasteiger partial charge on any atom is -0.481 e. The molecule has 0 aromatic carbocycles. The third-order valence-corrected chi connectivity index (χ3v) is 2.16. The van der Waals surface area contributed by atoms with E-state index in [-0.39, 0.29) is 12.8 Å². The van der Waals surface area contributed by atoms with Crippen LogP contribution in [0.15, 0.2) is 0 Å². The first kappa shape index (κ1) is 14.5. The predicted octanol–water partition coefficient (Wildman–Crippen LogP) is -1.20. The second-order valence-corrected chi connectivity index (χ2v) is 3.62. The number of ketones is 1. The Labute approximate surface area is 92.4 Å². The standard InChI is InChI=1S/C9H16N2O5/c1-4(10)7(9(15)16)6(12)3-2-5(11)8(13)14/h4-5,7H,2-3,10-11H2,1H3,(H,13,14)(H,15,16)/t4?,5-,7?/m0/s1. The third kappa shape index (κ3) is 4.37. The quantitative estimate of drug-likeness (QED) is 0.403. The predicted molar refractivity (Wildman–Crippen MR) is 54.6 cm³/mol. The van der Waals surface area contributed by atoms with Gasteiger partial charge in [0.05, 0.1) is 0 Å². The van der Waals surface area contributed by atoms with E-state index in [2.05, 4.69) is 0 Å². The van der Waals surface area contributed by atoms with Crippen molar-refractivity contribution in [1.29, 1.82) is 0 Å². The molecule has 0 bridgehead atoms. The van der Waals surface area contributed by atoms with Crippen LogP contribution in [-0.4, -0.2) is 40.0 Å². The highest BCUT2D eigenvalue weighted by Gasteiger charge is 2.30. The van der Waals surface area contributed by atoms with E-state index >= 15 is 0 Å². The molecule has 7 heteroatoms. The number of carbonyl (C=O) groups is 3. The van der Waals surface area contributed by atoms with E-state index in [0.29, 0.717) is 0 Å². The van der Waals surface area contributed by atoms with Crippen LogP contribution in [0, 0.1) is 5.92 Å². The maximum absolute atomic E-state index is 11.4. The van der Waals surface area contributed by atoms with Gasteiger partial charge in [-0.05, 0) is 13.3 Å². The highest BCUT2D eigenvalue weighted by atomic mass is 16.4. The number of carbonyl (C=O) groups excluding carboxylic acids is 1. The molecule has 0 rings (SSSR count). The van der Waals surface area contributed by atoms with Gasteiger partial charge in [-0.15, -0.1) is 0 Å². The second-order valence-electron chi connectivity index (χ2n) is 3.62. The van der Waals surface area contributed by atoms with Gasteiger partial charge in [-0.2, -0.15) is 0 Å². The lowest BCUT2D eigenvalue weighted by Crippen LogP contribution is -2.40. The van der Waals surface area contributed by atoms with E-state index in [4.69, 9.17) is 21.7 Å². The van der Waals surface area contributed by atoms with Crippen LogP contribution in [0.5, 0.6) is 0 Å². The maximum Gasteiger partial charge on any atom is 0.320 e. The zero-order valence-corrected chi connectivity index (χ0v) is 8.92. The fraction of sp³-hybridized carbons (Fsp3) is 0.667. The Bertz CT molecular complexity index is 290. The Morgan fingerprint density at radius 2 is 1.62 bits per heavy atom. The van der Waals surface area contributed by atoms with Crippen molar-refractivity contribution in [2.45, 2.75) is 31.8 Å². The minimum atomic E-state index is -1.30. The summed E-state index contributed by atoms with van der Waals surface area (Å²) in [7, 11) is 0. The van der Waals surface area contributed by atoms with E-state index in [1.54, 1.807) is 0 Å². The summed E-state index contributed by atoms with van der Waals surface area (Å²) < 4.78 is 0. The van der Waals surface area contributed by atoms with Crippen LogP contribution in [0.1, 0.15) is 19.8 Å². The van der Waals surface area contributed by atoms with Gasteiger partial charge in [0, 0.05) is 12.5 Å². The van der Waals surface area contributed by atoms with Gasteiger partial charge in [-0.25, -0.2) is 0 Å². The molecule has 0 saturated heterocycles. The molecule has 16 heavy (non-hydrogen) atoms. The average Bonchev–Trinajstić information content (AvgIpc) is 2.12. The molecule has 7 nitrogen and oxygen atoms in total. The van der Waals surface area contributed by atoms with Crippen molar-refractivity contribution in [2.75, 3.05) is 0 Å². The molecule has 0 heterocycles. The van der Waals surface area contributed by atoms with Gasteiger partial charge in [-0.3, -0.25) is 14.4 Å². The van der Waals surface area contributed by atoms with Crippen LogP contribution in [0.25, 0.3) is 0 Å². The lowest BCUT2D eigenvalue weighted by Gasteiger charge is -2.15. The second kappa shape index (κ2) is 6.19. The zero-order chi connectivity index (χ0) is 12.9. The van der Waals surface area contributed by atoms with E-state index in [1.165, 1.54) is 6.92 Å². The minimum absolute atomic E-state index is 0.0926. The normalized spacial score (nSPS) is 16.2. The summed E-state index contributed by atoms with van der Waals surface area (Å²) in [6.45, 7) is 1.41. The first-order valence-corrected chi connectivity index (χ1v) is 4.76. The van der Waals surface area contributed by atoms with Crippen LogP contribution in [0.2, 0.25) is 0 Å². The number of Topliss-reactive ketones (excluding diaryl/α,β-unsaturated/α-hetero) is 1. The SMILES string of the molecule is CC(N)C(C(=O)O)C(=O)CC[C@H](N)C(=O)O. The summed E-state index contributed by atoms with van der Waals surface area (Å²) in [5.74, 6) is -4.43. The molecule has 0 aliphatic heterocycles. The number of aliphatic carboxylic acids is 2. The maximum atomic E-state index is 11.4. The topological polar surface area (TPSA) is 144 Å². The zero-order valence-electron chi connectivity index (χ0n) is 8.92. The highest BCUT2D eigenvalue weighted by molar-refractivity contribution is 5.99. The van der Waals surface area contributed by atoms with Crippen LogP contribution in [0.3, 0.4) is 0 Å². The molecule has 2 unspecified atom stereocenters. The van der Waals surface area contributed by atoms with E-state index in [9.17, 15) is 14.4 Å². The van der Waals surface area contributed by atoms with Crippen molar-refractivity contribution in [1.82, 2.24) is 0 Å². The average molecular weight is 232 g/mol. The van der Waals surface area contributed by atoms with E-state index < -0.39 is 35.7 Å². The molecule has 0 spiro atoms. The van der Waals surface area contributed by atoms with Crippen molar-refractivity contribution < 1.29 is 24.6 Å². The van der Waals surface area contributed by atoms with Crippen molar-refractivity contribution >= 4 is 17.7 Å². The largest absolute Gasteiger partial charge is 0.481 e. The lowest BCUT2D eigenvalue weighted by molar-refractivity contribution is -0.147. The molecular formula is C9H16N2O5. The number of hydrogen-bond acceptors (Lipinski definition) is 5. The van der Waals surface area contributed by atoms with E-state index in [0.717, 1.165) is 0 Å². The molecule has 6 N–H and O–H groups in total. The van der Waals surface area contributed by atoms with Crippen molar-refractivity contribution in [3.63, 3.8) is 0 Å². The van der Waals surface area contributed by atoms with Crippen molar-refractivity contribution in [3.8, 4) is 0 Å². The number of carboxylic acid groups (broad SMARTS) is 2. The lowest BCUT2D eigenvalue weighted by atomic mass is 9.93. The molecule has 0 radical (unpaired) electrons. The fourth-order valence-electron chi connectivity index (χ4n) is 1.23. The smallest absolute Gasteiger partial charge is 0.320 e. The molecule has 0 amide bonds. The molecule has 92 valence electrons. The van der Waals surface area contributed by atoms with Gasteiger partial charge in [0.1, 0.15) is 17.7 Å². The van der Waals surface area contributed by atoms with Gasteiger partial charge in [0.25, 0.3) is 0 Å². The first-order chi connectivity index (χ1) is 7.27. The summed E-state index contributed by atoms with van der Waals surface area (Å²) in [6, 6.07) is -1.97. The Morgan fingerprint density at radius 3 is 1.94 bits per heavy atom. The first-order valence-electron chi connectivity index (χ1n) is 4.76. The highest BCUT2D eigenvalue weighted by Crippen LogP contribution is 2.09. The van der Waals surface area contributed by atoms with Crippen LogP contribution in [0.4, 0.5) is 0 Å².